The number of primary amides is 1. The van der Waals surface area contributed by atoms with Crippen LogP contribution in [0.2, 0.25) is 0 Å². The minimum absolute atomic E-state index is 0.222. The summed E-state index contributed by atoms with van der Waals surface area (Å²) in [5, 5.41) is 5.49. The molecule has 2 aromatic rings. The van der Waals surface area contributed by atoms with E-state index in [0.717, 1.165) is 23.1 Å². The van der Waals surface area contributed by atoms with Gasteiger partial charge in [0.2, 0.25) is 11.8 Å². The Bertz CT molecular complexity index is 1190. The zero-order valence-corrected chi connectivity index (χ0v) is 24.1. The highest BCUT2D eigenvalue weighted by molar-refractivity contribution is 6.00. The maximum absolute atomic E-state index is 14.1. The van der Waals surface area contributed by atoms with Gasteiger partial charge in [0.1, 0.15) is 17.7 Å². The molecule has 0 bridgehead atoms. The van der Waals surface area contributed by atoms with Crippen LogP contribution in [0, 0.1) is 20.8 Å². The fourth-order valence-corrected chi connectivity index (χ4v) is 4.18. The molecule has 0 saturated heterocycles. The van der Waals surface area contributed by atoms with Crippen molar-refractivity contribution in [3.8, 4) is 0 Å². The second-order valence-electron chi connectivity index (χ2n) is 10.8. The average Bonchev–Trinajstić information content (AvgIpc) is 2.83. The lowest BCUT2D eigenvalue weighted by atomic mass is 9.94. The van der Waals surface area contributed by atoms with Gasteiger partial charge in [-0.05, 0) is 76.3 Å². The molecule has 0 saturated carbocycles. The normalized spacial score (nSPS) is 12.7. The molecule has 39 heavy (non-hydrogen) atoms. The number of rotatable bonds is 11. The number of anilines is 1. The van der Waals surface area contributed by atoms with E-state index in [1.54, 1.807) is 26.8 Å². The second kappa shape index (κ2) is 13.8. The molecule has 0 aliphatic carbocycles. The summed E-state index contributed by atoms with van der Waals surface area (Å²) in [7, 11) is 0. The largest absolute Gasteiger partial charge is 0.444 e. The van der Waals surface area contributed by atoms with Gasteiger partial charge in [0.05, 0.1) is 6.42 Å². The first kappa shape index (κ1) is 31.3. The monoisotopic (exact) mass is 538 g/mol. The zero-order chi connectivity index (χ0) is 29.3. The third-order valence-electron chi connectivity index (χ3n) is 6.33. The highest BCUT2D eigenvalue weighted by Crippen LogP contribution is 2.29. The van der Waals surface area contributed by atoms with Crippen molar-refractivity contribution in [3.63, 3.8) is 0 Å². The van der Waals surface area contributed by atoms with Gasteiger partial charge in [-0.3, -0.25) is 14.4 Å². The number of nitrogens with zero attached hydrogens (tertiary/aromatic N) is 1. The number of hydrogen-bond donors (Lipinski definition) is 3. The van der Waals surface area contributed by atoms with Gasteiger partial charge in [-0.1, -0.05) is 49.7 Å². The molecule has 0 radical (unpaired) electrons. The van der Waals surface area contributed by atoms with Crippen LogP contribution in [-0.2, 0) is 19.1 Å². The van der Waals surface area contributed by atoms with Crippen LogP contribution < -0.4 is 16.4 Å². The van der Waals surface area contributed by atoms with Crippen LogP contribution in [0.5, 0.6) is 0 Å². The van der Waals surface area contributed by atoms with Gasteiger partial charge in [0.25, 0.3) is 5.91 Å². The Labute approximate surface area is 231 Å². The lowest BCUT2D eigenvalue weighted by molar-refractivity contribution is -0.142. The summed E-state index contributed by atoms with van der Waals surface area (Å²) in [5.41, 5.74) is 8.62. The summed E-state index contributed by atoms with van der Waals surface area (Å²) < 4.78 is 5.33. The minimum atomic E-state index is -1.31. The number of carbonyl (C=O) groups excluding carboxylic acids is 4. The molecule has 2 rings (SSSR count). The SMILES string of the molecule is CCCCN(C(=O)C(CC(N)=O)NC(=O)OC(C)(C)C)C(C(=O)Nc1ccccc1C)c1cccc(C)c1C. The Morgan fingerprint density at radius 3 is 2.21 bits per heavy atom. The molecule has 0 heterocycles. The van der Waals surface area contributed by atoms with E-state index >= 15 is 0 Å². The minimum Gasteiger partial charge on any atom is -0.444 e. The van der Waals surface area contributed by atoms with Crippen LogP contribution in [0.4, 0.5) is 10.5 Å². The molecule has 9 nitrogen and oxygen atoms in total. The Kier molecular flexibility index (Phi) is 11.1. The van der Waals surface area contributed by atoms with E-state index in [2.05, 4.69) is 10.6 Å². The Morgan fingerprint density at radius 1 is 0.974 bits per heavy atom. The number of amides is 4. The van der Waals surface area contributed by atoms with Crippen LogP contribution in [0.1, 0.15) is 75.3 Å². The van der Waals surface area contributed by atoms with Gasteiger partial charge in [-0.15, -0.1) is 0 Å². The predicted molar refractivity (Wildman–Crippen MR) is 152 cm³/mol. The fraction of sp³-hybridized carbons (Fsp3) is 0.467. The second-order valence-corrected chi connectivity index (χ2v) is 10.8. The summed E-state index contributed by atoms with van der Waals surface area (Å²) in [5.74, 6) is -1.77. The van der Waals surface area contributed by atoms with Gasteiger partial charge >= 0.3 is 6.09 Å². The van der Waals surface area contributed by atoms with Crippen molar-refractivity contribution in [2.75, 3.05) is 11.9 Å². The van der Waals surface area contributed by atoms with E-state index in [4.69, 9.17) is 10.5 Å². The van der Waals surface area contributed by atoms with Crippen LogP contribution in [0.3, 0.4) is 0 Å². The van der Waals surface area contributed by atoms with Gasteiger partial charge in [-0.25, -0.2) is 4.79 Å². The number of nitrogens with one attached hydrogen (secondary N) is 2. The molecule has 2 unspecified atom stereocenters. The summed E-state index contributed by atoms with van der Waals surface area (Å²) in [6.45, 7) is 13.0. The van der Waals surface area contributed by atoms with Gasteiger partial charge in [0, 0.05) is 12.2 Å². The number of unbranched alkanes of at least 4 members (excludes halogenated alkanes) is 1. The van der Waals surface area contributed by atoms with E-state index < -0.39 is 47.9 Å². The number of alkyl carbamates (subject to hydrolysis) is 1. The van der Waals surface area contributed by atoms with Crippen molar-refractivity contribution in [2.24, 2.45) is 5.73 Å². The summed E-state index contributed by atoms with van der Waals surface area (Å²) in [4.78, 5) is 54.1. The molecule has 212 valence electrons. The van der Waals surface area contributed by atoms with Crippen molar-refractivity contribution in [1.29, 1.82) is 0 Å². The highest BCUT2D eigenvalue weighted by Gasteiger charge is 2.37. The first-order chi connectivity index (χ1) is 18.2. The molecule has 0 aliphatic heterocycles. The van der Waals surface area contributed by atoms with E-state index in [1.165, 1.54) is 4.90 Å². The smallest absolute Gasteiger partial charge is 0.408 e. The maximum atomic E-state index is 14.1. The molecule has 0 aliphatic rings. The standard InChI is InChI=1S/C30H42N4O5/c1-8-9-17-34(28(37)24(18-25(31)35)33-29(38)39-30(5,6)7)26(22-15-12-14-19(2)21(22)4)27(36)32-23-16-11-10-13-20(23)3/h10-16,24,26H,8-9,17-18H2,1-7H3,(H2,31,35)(H,32,36)(H,33,38). The van der Waals surface area contributed by atoms with Crippen LogP contribution >= 0.6 is 0 Å². The van der Waals surface area contributed by atoms with Crippen LogP contribution in [0.25, 0.3) is 0 Å². The van der Waals surface area contributed by atoms with E-state index in [1.807, 2.05) is 64.1 Å². The van der Waals surface area contributed by atoms with Crippen molar-refractivity contribution in [2.45, 2.75) is 85.4 Å². The third-order valence-corrected chi connectivity index (χ3v) is 6.33. The number of benzene rings is 2. The average molecular weight is 539 g/mol. The van der Waals surface area contributed by atoms with Crippen LogP contribution in [0.15, 0.2) is 42.5 Å². The summed E-state index contributed by atoms with van der Waals surface area (Å²) >= 11 is 0. The maximum Gasteiger partial charge on any atom is 0.408 e. The molecule has 4 N–H and O–H groups in total. The van der Waals surface area contributed by atoms with Gasteiger partial charge in [-0.2, -0.15) is 0 Å². The Morgan fingerprint density at radius 2 is 1.62 bits per heavy atom. The molecule has 0 spiro atoms. The lowest BCUT2D eigenvalue weighted by Gasteiger charge is -2.35. The number of aryl methyl sites for hydroxylation is 2. The van der Waals surface area contributed by atoms with Crippen molar-refractivity contribution < 1.29 is 23.9 Å². The molecule has 2 atom stereocenters. The molecule has 4 amide bonds. The zero-order valence-electron chi connectivity index (χ0n) is 24.1. The van der Waals surface area contributed by atoms with Crippen molar-refractivity contribution >= 4 is 29.5 Å². The molecule has 0 fully saturated rings. The number of ether oxygens (including phenoxy) is 1. The summed E-state index contributed by atoms with van der Waals surface area (Å²) in [6, 6.07) is 10.6. The lowest BCUT2D eigenvalue weighted by Crippen LogP contribution is -2.53. The number of nitrogens with two attached hydrogens (primary N) is 1. The molecule has 0 aromatic heterocycles. The topological polar surface area (TPSA) is 131 Å². The highest BCUT2D eigenvalue weighted by atomic mass is 16.6. The predicted octanol–water partition coefficient (Wildman–Crippen LogP) is 4.69. The van der Waals surface area contributed by atoms with Gasteiger partial charge in [0.15, 0.2) is 0 Å². The third kappa shape index (κ3) is 9.12. The fourth-order valence-electron chi connectivity index (χ4n) is 4.18. The first-order valence-electron chi connectivity index (χ1n) is 13.3. The van der Waals surface area contributed by atoms with E-state index in [-0.39, 0.29) is 6.54 Å². The molecule has 9 heteroatoms. The Hall–Kier alpha value is -3.88. The van der Waals surface area contributed by atoms with E-state index in [0.29, 0.717) is 17.7 Å². The van der Waals surface area contributed by atoms with Crippen molar-refractivity contribution in [1.82, 2.24) is 10.2 Å². The number of para-hydroxylation sites is 1. The van der Waals surface area contributed by atoms with Crippen LogP contribution in [-0.4, -0.2) is 46.9 Å². The van der Waals surface area contributed by atoms with Gasteiger partial charge < -0.3 is 26.0 Å². The Balaban J connectivity index is 2.60. The molecule has 2 aromatic carbocycles. The number of carbonyl (C=O) groups is 4. The molecular formula is C30H42N4O5. The number of hydrogen-bond acceptors (Lipinski definition) is 5. The first-order valence-corrected chi connectivity index (χ1v) is 13.3. The van der Waals surface area contributed by atoms with Crippen molar-refractivity contribution in [3.05, 3.63) is 64.7 Å². The van der Waals surface area contributed by atoms with E-state index in [9.17, 15) is 19.2 Å². The quantitative estimate of drug-likeness (QED) is 0.382. The summed E-state index contributed by atoms with van der Waals surface area (Å²) in [6.07, 6.45) is 0.0493. The molecular weight excluding hydrogens is 496 g/mol.